The molecule has 1 fully saturated rings. The fraction of sp³-hybridized carbons (Fsp3) is 0.333. The molecule has 7 nitrogen and oxygen atoms in total. The molecule has 0 spiro atoms. The Morgan fingerprint density at radius 3 is 2.49 bits per heavy atom. The van der Waals surface area contributed by atoms with E-state index in [2.05, 4.69) is 10.3 Å². The number of methoxy groups -OCH3 is 2. The quantitative estimate of drug-likeness (QED) is 0.364. The Labute approximate surface area is 218 Å². The van der Waals surface area contributed by atoms with Gasteiger partial charge in [0.05, 0.1) is 38.1 Å². The van der Waals surface area contributed by atoms with Crippen LogP contribution in [0.25, 0.3) is 11.3 Å². The summed E-state index contributed by atoms with van der Waals surface area (Å²) in [6.45, 7) is -0.389. The monoisotopic (exact) mass is 532 g/mol. The van der Waals surface area contributed by atoms with Gasteiger partial charge in [-0.25, -0.2) is 13.8 Å². The van der Waals surface area contributed by atoms with Crippen molar-refractivity contribution in [2.75, 3.05) is 34.0 Å². The molecule has 0 saturated heterocycles. The molecule has 1 aliphatic carbocycles. The van der Waals surface area contributed by atoms with E-state index in [1.54, 1.807) is 12.1 Å². The second kappa shape index (κ2) is 11.3. The molecule has 1 saturated carbocycles. The van der Waals surface area contributed by atoms with Gasteiger partial charge in [-0.15, -0.1) is 0 Å². The van der Waals surface area contributed by atoms with Crippen molar-refractivity contribution in [3.8, 4) is 28.5 Å². The minimum atomic E-state index is -1.94. The number of hydrogen-bond donors (Lipinski definition) is 2. The molecule has 1 unspecified atom stereocenters. The number of halogens is 3. The van der Waals surface area contributed by atoms with E-state index in [-0.39, 0.29) is 42.0 Å². The van der Waals surface area contributed by atoms with Crippen molar-refractivity contribution in [1.29, 1.82) is 0 Å². The molecule has 3 aromatic rings. The number of aliphatic hydroxyl groups is 1. The van der Waals surface area contributed by atoms with Crippen molar-refractivity contribution in [2.45, 2.75) is 18.5 Å². The Hall–Kier alpha value is -3.43. The van der Waals surface area contributed by atoms with Gasteiger partial charge >= 0.3 is 0 Å². The molecule has 0 bridgehead atoms. The summed E-state index contributed by atoms with van der Waals surface area (Å²) in [6.07, 6.45) is 1.31. The fourth-order valence-corrected chi connectivity index (χ4v) is 4.25. The van der Waals surface area contributed by atoms with Crippen LogP contribution < -0.4 is 19.5 Å². The summed E-state index contributed by atoms with van der Waals surface area (Å²) in [4.78, 5) is 17.5. The molecule has 196 valence electrons. The first-order chi connectivity index (χ1) is 17.8. The predicted molar refractivity (Wildman–Crippen MR) is 135 cm³/mol. The third-order valence-electron chi connectivity index (χ3n) is 6.20. The highest BCUT2D eigenvalue weighted by molar-refractivity contribution is 6.31. The summed E-state index contributed by atoms with van der Waals surface area (Å²) in [5.74, 6) is -0.318. The number of ether oxygens (including phenoxy) is 3. The standard InChI is InChI=1S/C27H27ClF2N2O5/c1-35-22-9-10-24(32-25(22)16-3-7-20(29)19(28)13-16)27(30,18-5-6-18)15-31-26(34)17-4-8-21(37-12-11-33)23(14-17)36-2/h3-4,7-10,13-14,18,33H,5-6,11-12,15H2,1-2H3,(H,31,34). The first-order valence-corrected chi connectivity index (χ1v) is 12.1. The molecule has 1 aromatic heterocycles. The molecule has 1 heterocycles. The number of rotatable bonds is 11. The zero-order valence-electron chi connectivity index (χ0n) is 20.4. The molecule has 37 heavy (non-hydrogen) atoms. The minimum absolute atomic E-state index is 0.0780. The van der Waals surface area contributed by atoms with Crippen LogP contribution in [0.1, 0.15) is 28.9 Å². The first-order valence-electron chi connectivity index (χ1n) is 11.7. The van der Waals surface area contributed by atoms with Crippen LogP contribution in [-0.2, 0) is 5.67 Å². The number of carbonyl (C=O) groups excluding carboxylic acids is 1. The lowest BCUT2D eigenvalue weighted by Crippen LogP contribution is -2.40. The number of nitrogens with zero attached hydrogens (tertiary/aromatic N) is 1. The minimum Gasteiger partial charge on any atom is -0.494 e. The molecule has 1 atom stereocenters. The van der Waals surface area contributed by atoms with E-state index < -0.39 is 17.4 Å². The van der Waals surface area contributed by atoms with Crippen LogP contribution in [0.2, 0.25) is 5.02 Å². The van der Waals surface area contributed by atoms with Gasteiger partial charge in [0.2, 0.25) is 0 Å². The average Bonchev–Trinajstić information content (AvgIpc) is 3.77. The predicted octanol–water partition coefficient (Wildman–Crippen LogP) is 4.93. The van der Waals surface area contributed by atoms with Crippen molar-refractivity contribution in [1.82, 2.24) is 10.3 Å². The van der Waals surface area contributed by atoms with Crippen LogP contribution in [0.3, 0.4) is 0 Å². The zero-order chi connectivity index (χ0) is 26.6. The van der Waals surface area contributed by atoms with Crippen molar-refractivity contribution in [2.24, 2.45) is 5.92 Å². The van der Waals surface area contributed by atoms with Gasteiger partial charge in [0.15, 0.2) is 17.2 Å². The Kier molecular flexibility index (Phi) is 8.14. The zero-order valence-corrected chi connectivity index (χ0v) is 21.1. The Morgan fingerprint density at radius 1 is 1.11 bits per heavy atom. The third-order valence-corrected chi connectivity index (χ3v) is 6.49. The lowest BCUT2D eigenvalue weighted by Gasteiger charge is -2.26. The summed E-state index contributed by atoms with van der Waals surface area (Å²) < 4.78 is 46.3. The summed E-state index contributed by atoms with van der Waals surface area (Å²) >= 11 is 5.96. The van der Waals surface area contributed by atoms with Gasteiger partial charge in [0.25, 0.3) is 5.91 Å². The normalized spacial score (nSPS) is 14.5. The van der Waals surface area contributed by atoms with Gasteiger partial charge in [0, 0.05) is 17.0 Å². The Balaban J connectivity index is 1.59. The van der Waals surface area contributed by atoms with E-state index in [0.717, 1.165) is 0 Å². The number of benzene rings is 2. The number of hydrogen-bond acceptors (Lipinski definition) is 6. The third kappa shape index (κ3) is 5.78. The molecule has 1 aliphatic rings. The Bertz CT molecular complexity index is 1290. The van der Waals surface area contributed by atoms with E-state index >= 15 is 4.39 Å². The molecule has 0 radical (unpaired) electrons. The van der Waals surface area contributed by atoms with Crippen molar-refractivity contribution in [3.05, 3.63) is 70.6 Å². The summed E-state index contributed by atoms with van der Waals surface area (Å²) in [7, 11) is 2.90. The van der Waals surface area contributed by atoms with Gasteiger partial charge in [-0.1, -0.05) is 11.6 Å². The van der Waals surface area contributed by atoms with Gasteiger partial charge < -0.3 is 24.6 Å². The smallest absolute Gasteiger partial charge is 0.251 e. The largest absolute Gasteiger partial charge is 0.494 e. The van der Waals surface area contributed by atoms with Crippen LogP contribution in [0.5, 0.6) is 17.2 Å². The summed E-state index contributed by atoms with van der Waals surface area (Å²) in [6, 6.07) is 11.8. The van der Waals surface area contributed by atoms with E-state index in [1.165, 1.54) is 50.6 Å². The van der Waals surface area contributed by atoms with Crippen LogP contribution in [0.15, 0.2) is 48.5 Å². The van der Waals surface area contributed by atoms with E-state index in [0.29, 0.717) is 41.3 Å². The molecule has 0 aliphatic heterocycles. The number of alkyl halides is 1. The Morgan fingerprint density at radius 2 is 1.84 bits per heavy atom. The lowest BCUT2D eigenvalue weighted by atomic mass is 9.94. The summed E-state index contributed by atoms with van der Waals surface area (Å²) in [5.41, 5.74) is -0.746. The molecular weight excluding hydrogens is 506 g/mol. The topological polar surface area (TPSA) is 89.9 Å². The van der Waals surface area contributed by atoms with E-state index in [4.69, 9.17) is 30.9 Å². The highest BCUT2D eigenvalue weighted by atomic mass is 35.5. The number of amides is 1. The molecule has 4 rings (SSSR count). The first kappa shape index (κ1) is 26.6. The maximum Gasteiger partial charge on any atom is 0.251 e. The van der Waals surface area contributed by atoms with Crippen molar-refractivity contribution in [3.63, 3.8) is 0 Å². The highest BCUT2D eigenvalue weighted by Gasteiger charge is 2.49. The van der Waals surface area contributed by atoms with Crippen LogP contribution in [0, 0.1) is 11.7 Å². The second-order valence-corrected chi connectivity index (χ2v) is 9.04. The van der Waals surface area contributed by atoms with E-state index in [1.807, 2.05) is 0 Å². The SMILES string of the molecule is COc1cc(C(=O)NCC(F)(c2ccc(OC)c(-c3ccc(F)c(Cl)c3)n2)C2CC2)ccc1OCCO. The number of aliphatic hydroxyl groups excluding tert-OH is 1. The summed E-state index contributed by atoms with van der Waals surface area (Å²) in [5, 5.41) is 11.6. The van der Waals surface area contributed by atoms with Crippen LogP contribution in [0.4, 0.5) is 8.78 Å². The number of carbonyl (C=O) groups is 1. The maximum absolute atomic E-state index is 16.5. The van der Waals surface area contributed by atoms with Crippen LogP contribution >= 0.6 is 11.6 Å². The molecule has 10 heteroatoms. The molecule has 2 aromatic carbocycles. The van der Waals surface area contributed by atoms with Crippen LogP contribution in [-0.4, -0.2) is 50.0 Å². The van der Waals surface area contributed by atoms with E-state index in [9.17, 15) is 9.18 Å². The fourth-order valence-electron chi connectivity index (χ4n) is 4.07. The van der Waals surface area contributed by atoms with Gasteiger partial charge in [-0.05, 0) is 61.4 Å². The number of pyridine rings is 1. The maximum atomic E-state index is 16.5. The number of nitrogens with one attached hydrogen (secondary N) is 1. The molecule has 1 amide bonds. The van der Waals surface area contributed by atoms with Crippen molar-refractivity contribution < 1.29 is 32.9 Å². The van der Waals surface area contributed by atoms with Gasteiger partial charge in [0.1, 0.15) is 23.9 Å². The highest BCUT2D eigenvalue weighted by Crippen LogP contribution is 2.48. The second-order valence-electron chi connectivity index (χ2n) is 8.63. The van der Waals surface area contributed by atoms with Crippen molar-refractivity contribution >= 4 is 17.5 Å². The molecular formula is C27H27ClF2N2O5. The number of aromatic nitrogens is 1. The van der Waals surface area contributed by atoms with Gasteiger partial charge in [-0.2, -0.15) is 0 Å². The molecule has 2 N–H and O–H groups in total. The van der Waals surface area contributed by atoms with Gasteiger partial charge in [-0.3, -0.25) is 4.79 Å². The average molecular weight is 533 g/mol. The lowest BCUT2D eigenvalue weighted by molar-refractivity contribution is 0.0850.